The minimum Gasteiger partial charge on any atom is -0.388 e. The predicted octanol–water partition coefficient (Wildman–Crippen LogP) is 1.02. The first-order valence-electron chi connectivity index (χ1n) is 8.15. The van der Waals surface area contributed by atoms with Crippen molar-refractivity contribution in [1.29, 1.82) is 0 Å². The van der Waals surface area contributed by atoms with E-state index >= 15 is 0 Å². The first-order chi connectivity index (χ1) is 12.1. The van der Waals surface area contributed by atoms with E-state index in [2.05, 4.69) is 15.3 Å². The summed E-state index contributed by atoms with van der Waals surface area (Å²) in [6.07, 6.45) is -1.72. The number of nitrogens with one attached hydrogen (secondary N) is 1. The Morgan fingerprint density at radius 3 is 2.48 bits per heavy atom. The molecule has 1 saturated heterocycles. The molecule has 4 N–H and O–H groups in total. The number of benzene rings is 1. The van der Waals surface area contributed by atoms with Crippen LogP contribution >= 0.6 is 0 Å². The summed E-state index contributed by atoms with van der Waals surface area (Å²) in [5.41, 5.74) is 2.24. The largest absolute Gasteiger partial charge is 0.388 e. The van der Waals surface area contributed by atoms with Gasteiger partial charge in [-0.05, 0) is 31.2 Å². The van der Waals surface area contributed by atoms with Crippen LogP contribution in [0.2, 0.25) is 0 Å². The molecule has 1 fully saturated rings. The van der Waals surface area contributed by atoms with Crippen LogP contribution in [0.25, 0.3) is 21.8 Å². The van der Waals surface area contributed by atoms with Crippen LogP contribution in [0, 0.1) is 0 Å². The Morgan fingerprint density at radius 1 is 0.960 bits per heavy atom. The molecule has 0 aliphatic carbocycles. The SMILES string of the molecule is C[C@@H]1O[C@H](Nc2cc3cccnc3c3ncccc23)[C@H](O)[C@H](O)[C@H]1O. The molecule has 2 aromatic heterocycles. The molecule has 1 aliphatic rings. The molecule has 0 amide bonds. The fourth-order valence-electron chi connectivity index (χ4n) is 3.22. The zero-order valence-electron chi connectivity index (χ0n) is 13.6. The van der Waals surface area contributed by atoms with Crippen LogP contribution in [0.1, 0.15) is 6.92 Å². The number of nitrogens with zero attached hydrogens (tertiary/aromatic N) is 2. The van der Waals surface area contributed by atoms with E-state index in [1.54, 1.807) is 19.3 Å². The standard InChI is InChI=1S/C18H19N3O4/c1-9-15(22)16(23)17(24)18(25-9)21-12-8-10-4-2-6-19-13(10)14-11(12)5-3-7-20-14/h2-9,15-18,21-24H,1H3/t9-,15-,16+,17+,18-/m0/s1. The van der Waals surface area contributed by atoms with Gasteiger partial charge in [-0.1, -0.05) is 6.07 Å². The maximum absolute atomic E-state index is 10.2. The van der Waals surface area contributed by atoms with E-state index in [0.717, 1.165) is 21.8 Å². The van der Waals surface area contributed by atoms with Gasteiger partial charge in [0.15, 0.2) is 6.23 Å². The topological polar surface area (TPSA) is 108 Å². The van der Waals surface area contributed by atoms with Gasteiger partial charge in [-0.15, -0.1) is 0 Å². The summed E-state index contributed by atoms with van der Waals surface area (Å²) in [5.74, 6) is 0. The Kier molecular flexibility index (Phi) is 4.01. The molecule has 7 heteroatoms. The highest BCUT2D eigenvalue weighted by molar-refractivity contribution is 6.08. The van der Waals surface area contributed by atoms with E-state index in [1.165, 1.54) is 0 Å². The lowest BCUT2D eigenvalue weighted by Gasteiger charge is -2.40. The molecule has 5 atom stereocenters. The van der Waals surface area contributed by atoms with Crippen molar-refractivity contribution >= 4 is 27.5 Å². The summed E-state index contributed by atoms with van der Waals surface area (Å²) in [4.78, 5) is 8.83. The minimum absolute atomic E-state index is 0.609. The van der Waals surface area contributed by atoms with Gasteiger partial charge in [0, 0.05) is 28.9 Å². The van der Waals surface area contributed by atoms with E-state index in [1.807, 2.05) is 30.3 Å². The highest BCUT2D eigenvalue weighted by Crippen LogP contribution is 2.31. The molecule has 7 nitrogen and oxygen atoms in total. The quantitative estimate of drug-likeness (QED) is 0.516. The average Bonchev–Trinajstić information content (AvgIpc) is 2.64. The Balaban J connectivity index is 1.78. The second-order valence-corrected chi connectivity index (χ2v) is 6.28. The van der Waals surface area contributed by atoms with Gasteiger partial charge < -0.3 is 25.4 Å². The summed E-state index contributed by atoms with van der Waals surface area (Å²) < 4.78 is 5.64. The Morgan fingerprint density at radius 2 is 1.68 bits per heavy atom. The number of aromatic nitrogens is 2. The fourth-order valence-corrected chi connectivity index (χ4v) is 3.22. The number of fused-ring (bicyclic) bond motifs is 3. The molecule has 3 heterocycles. The number of anilines is 1. The second kappa shape index (κ2) is 6.20. The van der Waals surface area contributed by atoms with Crippen LogP contribution in [0.4, 0.5) is 5.69 Å². The minimum atomic E-state index is -1.28. The van der Waals surface area contributed by atoms with Crippen LogP contribution in [0.5, 0.6) is 0 Å². The first kappa shape index (κ1) is 16.2. The maximum Gasteiger partial charge on any atom is 0.157 e. The molecule has 130 valence electrons. The van der Waals surface area contributed by atoms with E-state index in [4.69, 9.17) is 4.74 Å². The third-order valence-corrected chi connectivity index (χ3v) is 4.61. The van der Waals surface area contributed by atoms with Crippen molar-refractivity contribution < 1.29 is 20.1 Å². The van der Waals surface area contributed by atoms with Gasteiger partial charge in [-0.3, -0.25) is 9.97 Å². The molecule has 4 rings (SSSR count). The lowest BCUT2D eigenvalue weighted by atomic mass is 9.98. The van der Waals surface area contributed by atoms with Crippen molar-refractivity contribution in [2.24, 2.45) is 0 Å². The van der Waals surface area contributed by atoms with Crippen molar-refractivity contribution in [1.82, 2.24) is 9.97 Å². The molecule has 0 unspecified atom stereocenters. The summed E-state index contributed by atoms with van der Waals surface area (Å²) in [6, 6.07) is 9.41. The number of ether oxygens (including phenoxy) is 1. The molecule has 1 aromatic carbocycles. The van der Waals surface area contributed by atoms with Gasteiger partial charge in [0.2, 0.25) is 0 Å². The maximum atomic E-state index is 10.2. The van der Waals surface area contributed by atoms with E-state index in [-0.39, 0.29) is 0 Å². The second-order valence-electron chi connectivity index (χ2n) is 6.28. The van der Waals surface area contributed by atoms with Crippen LogP contribution in [-0.2, 0) is 4.74 Å². The molecule has 0 spiro atoms. The highest BCUT2D eigenvalue weighted by atomic mass is 16.5. The zero-order chi connectivity index (χ0) is 17.6. The van der Waals surface area contributed by atoms with Gasteiger partial charge in [-0.25, -0.2) is 0 Å². The van der Waals surface area contributed by atoms with Crippen molar-refractivity contribution in [2.75, 3.05) is 5.32 Å². The van der Waals surface area contributed by atoms with Gasteiger partial charge in [0.25, 0.3) is 0 Å². The number of aliphatic hydroxyl groups excluding tert-OH is 3. The third kappa shape index (κ3) is 2.71. The molecular formula is C18H19N3O4. The van der Waals surface area contributed by atoms with Crippen molar-refractivity contribution in [3.8, 4) is 0 Å². The molecule has 25 heavy (non-hydrogen) atoms. The van der Waals surface area contributed by atoms with Gasteiger partial charge in [0.05, 0.1) is 17.1 Å². The van der Waals surface area contributed by atoms with Crippen LogP contribution in [0.15, 0.2) is 42.7 Å². The van der Waals surface area contributed by atoms with Crippen LogP contribution in [-0.4, -0.2) is 55.9 Å². The molecular weight excluding hydrogens is 322 g/mol. The average molecular weight is 341 g/mol. The number of hydrogen-bond donors (Lipinski definition) is 4. The molecule has 0 bridgehead atoms. The lowest BCUT2D eigenvalue weighted by molar-refractivity contribution is -0.209. The summed E-state index contributed by atoms with van der Waals surface area (Å²) in [7, 11) is 0. The summed E-state index contributed by atoms with van der Waals surface area (Å²) in [6.45, 7) is 1.65. The van der Waals surface area contributed by atoms with Crippen molar-refractivity contribution in [2.45, 2.75) is 37.6 Å². The van der Waals surface area contributed by atoms with Gasteiger partial charge >= 0.3 is 0 Å². The molecule has 0 radical (unpaired) electrons. The molecule has 3 aromatic rings. The Bertz CT molecular complexity index is 919. The summed E-state index contributed by atoms with van der Waals surface area (Å²) in [5, 5.41) is 35.0. The van der Waals surface area contributed by atoms with Gasteiger partial charge in [0.1, 0.15) is 18.3 Å². The highest BCUT2D eigenvalue weighted by Gasteiger charge is 2.41. The van der Waals surface area contributed by atoms with Crippen molar-refractivity contribution in [3.63, 3.8) is 0 Å². The predicted molar refractivity (Wildman–Crippen MR) is 93.0 cm³/mol. The van der Waals surface area contributed by atoms with Crippen LogP contribution < -0.4 is 5.32 Å². The van der Waals surface area contributed by atoms with E-state index in [9.17, 15) is 15.3 Å². The molecule has 1 aliphatic heterocycles. The number of hydrogen-bond acceptors (Lipinski definition) is 7. The first-order valence-corrected chi connectivity index (χ1v) is 8.15. The van der Waals surface area contributed by atoms with Crippen LogP contribution in [0.3, 0.4) is 0 Å². The smallest absolute Gasteiger partial charge is 0.157 e. The molecule has 0 saturated carbocycles. The fraction of sp³-hybridized carbons (Fsp3) is 0.333. The normalized spacial score (nSPS) is 29.8. The number of pyridine rings is 2. The third-order valence-electron chi connectivity index (χ3n) is 4.61. The number of aliphatic hydroxyl groups is 3. The van der Waals surface area contributed by atoms with E-state index < -0.39 is 30.6 Å². The monoisotopic (exact) mass is 341 g/mol. The van der Waals surface area contributed by atoms with Gasteiger partial charge in [-0.2, -0.15) is 0 Å². The zero-order valence-corrected chi connectivity index (χ0v) is 13.6. The summed E-state index contributed by atoms with van der Waals surface area (Å²) >= 11 is 0. The van der Waals surface area contributed by atoms with E-state index in [0.29, 0.717) is 5.69 Å². The Hall–Kier alpha value is -2.32. The lowest BCUT2D eigenvalue weighted by Crippen LogP contribution is -2.58. The van der Waals surface area contributed by atoms with Crippen molar-refractivity contribution in [3.05, 3.63) is 42.7 Å². The number of rotatable bonds is 2. The Labute approximate surface area is 143 Å².